The summed E-state index contributed by atoms with van der Waals surface area (Å²) in [5.41, 5.74) is 3.33. The molecule has 0 saturated carbocycles. The number of amides is 2. The summed E-state index contributed by atoms with van der Waals surface area (Å²) in [6, 6.07) is 11.2. The zero-order valence-electron chi connectivity index (χ0n) is 15.1. The molecule has 142 valence electrons. The van der Waals surface area contributed by atoms with E-state index in [9.17, 15) is 9.59 Å². The molecule has 1 atom stereocenters. The first-order valence-electron chi connectivity index (χ1n) is 8.88. The third-order valence-corrected chi connectivity index (χ3v) is 5.56. The van der Waals surface area contributed by atoms with E-state index >= 15 is 0 Å². The van der Waals surface area contributed by atoms with E-state index in [2.05, 4.69) is 36.4 Å². The minimum Gasteiger partial charge on any atom is -0.311 e. The molecule has 1 aromatic carbocycles. The van der Waals surface area contributed by atoms with Gasteiger partial charge >= 0.3 is 0 Å². The Bertz CT molecular complexity index is 1030. The molecule has 3 heterocycles. The summed E-state index contributed by atoms with van der Waals surface area (Å²) in [5, 5.41) is 9.96. The van der Waals surface area contributed by atoms with Gasteiger partial charge in [0.25, 0.3) is 0 Å². The standard InChI is InChI=1S/C20H18BrN5O2/c1-12-17(13-6-9-22-10-7-13)24-25-18(12)23-19(27)14-8-11-26(20(14)28)16-5-3-2-4-15(16)21/h2-7,9-10,14H,8,11H2,1H3,(H2,23,24,25,27). The van der Waals surface area contributed by atoms with Gasteiger partial charge in [0.05, 0.1) is 11.4 Å². The van der Waals surface area contributed by atoms with Crippen molar-refractivity contribution in [1.29, 1.82) is 0 Å². The Kier molecular flexibility index (Phi) is 4.95. The van der Waals surface area contributed by atoms with Gasteiger partial charge < -0.3 is 10.2 Å². The third kappa shape index (κ3) is 3.31. The number of benzene rings is 1. The number of rotatable bonds is 4. The molecule has 1 aliphatic heterocycles. The molecule has 2 amide bonds. The Morgan fingerprint density at radius 1 is 1.25 bits per heavy atom. The van der Waals surface area contributed by atoms with Crippen LogP contribution in [0.2, 0.25) is 0 Å². The predicted molar refractivity (Wildman–Crippen MR) is 110 cm³/mol. The van der Waals surface area contributed by atoms with Gasteiger partial charge in [-0.15, -0.1) is 0 Å². The number of hydrogen-bond donors (Lipinski definition) is 2. The van der Waals surface area contributed by atoms with Crippen LogP contribution < -0.4 is 10.2 Å². The molecule has 8 heteroatoms. The second-order valence-electron chi connectivity index (χ2n) is 6.58. The van der Waals surface area contributed by atoms with E-state index in [0.717, 1.165) is 27.0 Å². The number of carbonyl (C=O) groups is 2. The zero-order chi connectivity index (χ0) is 19.7. The summed E-state index contributed by atoms with van der Waals surface area (Å²) >= 11 is 3.47. The van der Waals surface area contributed by atoms with E-state index in [1.165, 1.54) is 0 Å². The molecule has 2 N–H and O–H groups in total. The van der Waals surface area contributed by atoms with Crippen LogP contribution in [0.25, 0.3) is 11.3 Å². The summed E-state index contributed by atoms with van der Waals surface area (Å²) in [7, 11) is 0. The van der Waals surface area contributed by atoms with Crippen molar-refractivity contribution in [2.24, 2.45) is 5.92 Å². The number of nitrogens with one attached hydrogen (secondary N) is 2. The van der Waals surface area contributed by atoms with Gasteiger partial charge in [-0.2, -0.15) is 5.10 Å². The summed E-state index contributed by atoms with van der Waals surface area (Å²) in [5.74, 6) is -0.834. The molecule has 0 spiro atoms. The summed E-state index contributed by atoms with van der Waals surface area (Å²) in [6.45, 7) is 2.38. The molecule has 4 rings (SSSR count). The van der Waals surface area contributed by atoms with Gasteiger partial charge in [-0.3, -0.25) is 19.7 Å². The Labute approximate surface area is 170 Å². The number of carbonyl (C=O) groups excluding carboxylic acids is 2. The average Bonchev–Trinajstić information content (AvgIpc) is 3.26. The van der Waals surface area contributed by atoms with E-state index < -0.39 is 5.92 Å². The Morgan fingerprint density at radius 3 is 2.75 bits per heavy atom. The highest BCUT2D eigenvalue weighted by Gasteiger charge is 2.38. The summed E-state index contributed by atoms with van der Waals surface area (Å²) in [4.78, 5) is 31.2. The highest BCUT2D eigenvalue weighted by Crippen LogP contribution is 2.32. The first-order chi connectivity index (χ1) is 13.6. The van der Waals surface area contributed by atoms with Crippen LogP contribution in [-0.2, 0) is 9.59 Å². The maximum atomic E-state index is 12.8. The highest BCUT2D eigenvalue weighted by molar-refractivity contribution is 9.10. The largest absolute Gasteiger partial charge is 0.311 e. The van der Waals surface area contributed by atoms with Gasteiger partial charge in [0.2, 0.25) is 11.8 Å². The fourth-order valence-electron chi connectivity index (χ4n) is 3.36. The Hall–Kier alpha value is -3.00. The molecule has 1 unspecified atom stereocenters. The minimum absolute atomic E-state index is 0.202. The number of anilines is 2. The summed E-state index contributed by atoms with van der Waals surface area (Å²) in [6.07, 6.45) is 3.86. The monoisotopic (exact) mass is 439 g/mol. The molecule has 1 aliphatic rings. The molecule has 1 fully saturated rings. The third-order valence-electron chi connectivity index (χ3n) is 4.89. The van der Waals surface area contributed by atoms with Gasteiger partial charge in [-0.05, 0) is 53.5 Å². The van der Waals surface area contributed by atoms with Gasteiger partial charge in [-0.1, -0.05) is 12.1 Å². The number of halogens is 1. The highest BCUT2D eigenvalue weighted by atomic mass is 79.9. The molecule has 3 aromatic rings. The smallest absolute Gasteiger partial charge is 0.239 e. The topological polar surface area (TPSA) is 91.0 Å². The lowest BCUT2D eigenvalue weighted by molar-refractivity contribution is -0.129. The lowest BCUT2D eigenvalue weighted by Gasteiger charge is -2.18. The molecular formula is C20H18BrN5O2. The molecule has 28 heavy (non-hydrogen) atoms. The van der Waals surface area contributed by atoms with Crippen LogP contribution >= 0.6 is 15.9 Å². The van der Waals surface area contributed by atoms with Crippen molar-refractivity contribution in [3.63, 3.8) is 0 Å². The van der Waals surface area contributed by atoms with Crippen molar-refractivity contribution in [3.8, 4) is 11.3 Å². The number of aromatic nitrogens is 3. The van der Waals surface area contributed by atoms with Crippen LogP contribution in [0.3, 0.4) is 0 Å². The number of pyridine rings is 1. The van der Waals surface area contributed by atoms with Crippen molar-refractivity contribution in [2.75, 3.05) is 16.8 Å². The maximum Gasteiger partial charge on any atom is 0.239 e. The minimum atomic E-state index is -0.729. The molecule has 7 nitrogen and oxygen atoms in total. The van der Waals surface area contributed by atoms with Crippen molar-refractivity contribution < 1.29 is 9.59 Å². The van der Waals surface area contributed by atoms with Crippen LogP contribution in [-0.4, -0.2) is 33.5 Å². The van der Waals surface area contributed by atoms with Gasteiger partial charge in [0.15, 0.2) is 5.82 Å². The Morgan fingerprint density at radius 2 is 2.00 bits per heavy atom. The predicted octanol–water partition coefficient (Wildman–Crippen LogP) is 3.53. The van der Waals surface area contributed by atoms with E-state index in [1.54, 1.807) is 17.3 Å². The number of hydrogen-bond acceptors (Lipinski definition) is 4. The lowest BCUT2D eigenvalue weighted by atomic mass is 10.1. The molecule has 0 radical (unpaired) electrons. The van der Waals surface area contributed by atoms with Crippen LogP contribution in [0.1, 0.15) is 12.0 Å². The molecule has 0 aliphatic carbocycles. The average molecular weight is 440 g/mol. The second kappa shape index (κ2) is 7.55. The maximum absolute atomic E-state index is 12.8. The first-order valence-corrected chi connectivity index (χ1v) is 9.67. The number of H-pyrrole nitrogens is 1. The van der Waals surface area contributed by atoms with Gasteiger partial charge in [0.1, 0.15) is 5.92 Å². The first kappa shape index (κ1) is 18.4. The fraction of sp³-hybridized carbons (Fsp3) is 0.200. The van der Waals surface area contributed by atoms with Crippen LogP contribution in [0.5, 0.6) is 0 Å². The van der Waals surface area contributed by atoms with E-state index in [1.807, 2.05) is 43.3 Å². The normalized spacial score (nSPS) is 16.4. The SMILES string of the molecule is Cc1c(NC(=O)C2CCN(c3ccccc3Br)C2=O)n[nH]c1-c1ccncc1. The van der Waals surface area contributed by atoms with Gasteiger partial charge in [0, 0.05) is 34.5 Å². The van der Waals surface area contributed by atoms with Gasteiger partial charge in [-0.25, -0.2) is 0 Å². The summed E-state index contributed by atoms with van der Waals surface area (Å²) < 4.78 is 0.828. The molecule has 0 bridgehead atoms. The second-order valence-corrected chi connectivity index (χ2v) is 7.43. The fourth-order valence-corrected chi connectivity index (χ4v) is 3.85. The van der Waals surface area contributed by atoms with E-state index in [0.29, 0.717) is 18.8 Å². The van der Waals surface area contributed by atoms with Crippen LogP contribution in [0.4, 0.5) is 11.5 Å². The number of para-hydroxylation sites is 1. The number of nitrogens with zero attached hydrogens (tertiary/aromatic N) is 3. The number of aromatic amines is 1. The molecular weight excluding hydrogens is 422 g/mol. The van der Waals surface area contributed by atoms with E-state index in [-0.39, 0.29) is 11.8 Å². The Balaban J connectivity index is 1.50. The van der Waals surface area contributed by atoms with Crippen molar-refractivity contribution in [2.45, 2.75) is 13.3 Å². The van der Waals surface area contributed by atoms with Crippen molar-refractivity contribution >= 4 is 39.2 Å². The molecule has 2 aromatic heterocycles. The van der Waals surface area contributed by atoms with Crippen LogP contribution in [0, 0.1) is 12.8 Å². The van der Waals surface area contributed by atoms with Crippen molar-refractivity contribution in [3.05, 3.63) is 58.8 Å². The van der Waals surface area contributed by atoms with Crippen LogP contribution in [0.15, 0.2) is 53.3 Å². The quantitative estimate of drug-likeness (QED) is 0.608. The zero-order valence-corrected chi connectivity index (χ0v) is 16.7. The van der Waals surface area contributed by atoms with E-state index in [4.69, 9.17) is 0 Å². The lowest BCUT2D eigenvalue weighted by Crippen LogP contribution is -2.33. The van der Waals surface area contributed by atoms with Crippen molar-refractivity contribution in [1.82, 2.24) is 15.2 Å². The molecule has 1 saturated heterocycles.